The number of fused-ring (bicyclic) bond motifs is 3. The normalized spacial score (nSPS) is 11.0. The van der Waals surface area contributed by atoms with Gasteiger partial charge in [0.05, 0.1) is 16.6 Å². The summed E-state index contributed by atoms with van der Waals surface area (Å²) in [7, 11) is 0. The van der Waals surface area contributed by atoms with E-state index >= 15 is 0 Å². The summed E-state index contributed by atoms with van der Waals surface area (Å²) in [5.74, 6) is 0. The molecule has 0 spiro atoms. The molecule has 0 saturated carbocycles. The van der Waals surface area contributed by atoms with Crippen molar-refractivity contribution in [2.45, 2.75) is 20.4 Å². The van der Waals surface area contributed by atoms with Gasteiger partial charge in [0.15, 0.2) is 0 Å². The molecule has 4 heteroatoms. The standard InChI is InChI=1S/C15H13N3O/c1-3-17-12-6-4-5-7-13(12)18-14(19)8-10(2)11(9-16)15(17)18/h4-8H,3H2,1-2H3. The van der Waals surface area contributed by atoms with Crippen molar-refractivity contribution in [1.29, 1.82) is 5.26 Å². The van der Waals surface area contributed by atoms with E-state index in [0.717, 1.165) is 16.6 Å². The SMILES string of the molecule is CCn1c2ccccc2n2c(=O)cc(C)c(C#N)c12. The summed E-state index contributed by atoms with van der Waals surface area (Å²) in [4.78, 5) is 12.3. The molecule has 2 heterocycles. The van der Waals surface area contributed by atoms with Crippen LogP contribution >= 0.6 is 0 Å². The maximum absolute atomic E-state index is 12.3. The van der Waals surface area contributed by atoms with E-state index in [1.807, 2.05) is 35.8 Å². The predicted octanol–water partition coefficient (Wildman–Crippen LogP) is 2.45. The first-order valence-corrected chi connectivity index (χ1v) is 6.22. The number of pyridine rings is 1. The lowest BCUT2D eigenvalue weighted by atomic mass is 10.1. The number of para-hydroxylation sites is 2. The Morgan fingerprint density at radius 2 is 1.95 bits per heavy atom. The van der Waals surface area contributed by atoms with Crippen molar-refractivity contribution in [3.05, 3.63) is 51.8 Å². The van der Waals surface area contributed by atoms with Gasteiger partial charge in [-0.2, -0.15) is 5.26 Å². The molecule has 0 aliphatic carbocycles. The van der Waals surface area contributed by atoms with Gasteiger partial charge in [-0.25, -0.2) is 0 Å². The molecule has 0 aliphatic heterocycles. The largest absolute Gasteiger partial charge is 0.325 e. The molecule has 19 heavy (non-hydrogen) atoms. The molecule has 0 fully saturated rings. The van der Waals surface area contributed by atoms with Crippen molar-refractivity contribution in [3.8, 4) is 6.07 Å². The van der Waals surface area contributed by atoms with E-state index < -0.39 is 0 Å². The van der Waals surface area contributed by atoms with Gasteiger partial charge in [-0.15, -0.1) is 0 Å². The minimum atomic E-state index is -0.0881. The Morgan fingerprint density at radius 1 is 1.26 bits per heavy atom. The van der Waals surface area contributed by atoms with E-state index in [1.165, 1.54) is 6.07 Å². The summed E-state index contributed by atoms with van der Waals surface area (Å²) in [5, 5.41) is 9.37. The van der Waals surface area contributed by atoms with Gasteiger partial charge >= 0.3 is 0 Å². The molecule has 94 valence electrons. The Hall–Kier alpha value is -2.54. The van der Waals surface area contributed by atoms with E-state index in [0.29, 0.717) is 17.8 Å². The highest BCUT2D eigenvalue weighted by Gasteiger charge is 2.16. The van der Waals surface area contributed by atoms with Gasteiger partial charge in [-0.1, -0.05) is 12.1 Å². The van der Waals surface area contributed by atoms with Crippen LogP contribution in [0.15, 0.2) is 35.1 Å². The third-order valence-corrected chi connectivity index (χ3v) is 3.49. The van der Waals surface area contributed by atoms with Crippen LogP contribution < -0.4 is 5.56 Å². The maximum atomic E-state index is 12.3. The third-order valence-electron chi connectivity index (χ3n) is 3.49. The van der Waals surface area contributed by atoms with E-state index in [-0.39, 0.29) is 5.56 Å². The molecular formula is C15H13N3O. The third kappa shape index (κ3) is 1.42. The topological polar surface area (TPSA) is 50.2 Å². The molecule has 4 nitrogen and oxygen atoms in total. The lowest BCUT2D eigenvalue weighted by molar-refractivity contribution is 0.811. The van der Waals surface area contributed by atoms with Crippen molar-refractivity contribution >= 4 is 16.7 Å². The van der Waals surface area contributed by atoms with E-state index in [2.05, 4.69) is 6.07 Å². The highest BCUT2D eigenvalue weighted by molar-refractivity contribution is 5.84. The van der Waals surface area contributed by atoms with E-state index in [4.69, 9.17) is 0 Å². The zero-order chi connectivity index (χ0) is 13.6. The smallest absolute Gasteiger partial charge is 0.257 e. The van der Waals surface area contributed by atoms with Crippen LogP contribution in [0.2, 0.25) is 0 Å². The molecule has 3 aromatic rings. The van der Waals surface area contributed by atoms with Gasteiger partial charge < -0.3 is 4.57 Å². The molecule has 0 N–H and O–H groups in total. The molecule has 0 amide bonds. The molecule has 2 aromatic heterocycles. The molecular weight excluding hydrogens is 238 g/mol. The van der Waals surface area contributed by atoms with Crippen LogP contribution in [0.25, 0.3) is 16.7 Å². The monoisotopic (exact) mass is 251 g/mol. The number of aromatic nitrogens is 2. The second kappa shape index (κ2) is 3.99. The van der Waals surface area contributed by atoms with Crippen LogP contribution in [0.3, 0.4) is 0 Å². The Balaban J connectivity index is 2.75. The Bertz CT molecular complexity index is 894. The van der Waals surface area contributed by atoms with Gasteiger partial charge in [-0.3, -0.25) is 9.20 Å². The fraction of sp³-hybridized carbons (Fsp3) is 0.200. The predicted molar refractivity (Wildman–Crippen MR) is 74.3 cm³/mol. The quantitative estimate of drug-likeness (QED) is 0.667. The first-order chi connectivity index (χ1) is 9.19. The fourth-order valence-corrected chi connectivity index (χ4v) is 2.66. The highest BCUT2D eigenvalue weighted by Crippen LogP contribution is 2.23. The number of nitrogens with zero attached hydrogens (tertiary/aromatic N) is 3. The zero-order valence-electron chi connectivity index (χ0n) is 10.8. The molecule has 0 saturated heterocycles. The fourth-order valence-electron chi connectivity index (χ4n) is 2.66. The van der Waals surface area contributed by atoms with Crippen molar-refractivity contribution in [1.82, 2.24) is 8.97 Å². The number of rotatable bonds is 1. The van der Waals surface area contributed by atoms with Crippen LogP contribution in [0.5, 0.6) is 0 Å². The van der Waals surface area contributed by atoms with Crippen LogP contribution in [0.1, 0.15) is 18.1 Å². The zero-order valence-corrected chi connectivity index (χ0v) is 10.8. The van der Waals surface area contributed by atoms with Gasteiger partial charge in [-0.05, 0) is 31.5 Å². The number of hydrogen-bond donors (Lipinski definition) is 0. The van der Waals surface area contributed by atoms with E-state index in [9.17, 15) is 10.1 Å². The first-order valence-electron chi connectivity index (χ1n) is 6.22. The van der Waals surface area contributed by atoms with Crippen molar-refractivity contribution in [3.63, 3.8) is 0 Å². The number of hydrogen-bond acceptors (Lipinski definition) is 2. The number of nitriles is 1. The van der Waals surface area contributed by atoms with Crippen LogP contribution in [0.4, 0.5) is 0 Å². The number of imidazole rings is 1. The highest BCUT2D eigenvalue weighted by atomic mass is 16.1. The average molecular weight is 251 g/mol. The molecule has 0 unspecified atom stereocenters. The first kappa shape index (κ1) is 11.5. The lowest BCUT2D eigenvalue weighted by Crippen LogP contribution is -2.14. The summed E-state index contributed by atoms with van der Waals surface area (Å²) in [6.45, 7) is 4.53. The van der Waals surface area contributed by atoms with E-state index in [1.54, 1.807) is 11.3 Å². The lowest BCUT2D eigenvalue weighted by Gasteiger charge is -2.05. The van der Waals surface area contributed by atoms with Crippen molar-refractivity contribution in [2.75, 3.05) is 0 Å². The van der Waals surface area contributed by atoms with Crippen molar-refractivity contribution in [2.24, 2.45) is 0 Å². The Kier molecular flexibility index (Phi) is 2.42. The molecule has 0 aliphatic rings. The number of aryl methyl sites for hydroxylation is 2. The summed E-state index contributed by atoms with van der Waals surface area (Å²) >= 11 is 0. The molecule has 0 bridgehead atoms. The summed E-state index contributed by atoms with van der Waals surface area (Å²) in [6, 6.07) is 11.5. The minimum Gasteiger partial charge on any atom is -0.325 e. The van der Waals surface area contributed by atoms with Crippen LogP contribution in [-0.2, 0) is 6.54 Å². The van der Waals surface area contributed by atoms with Gasteiger partial charge in [0.25, 0.3) is 5.56 Å². The minimum absolute atomic E-state index is 0.0881. The summed E-state index contributed by atoms with van der Waals surface area (Å²) in [6.07, 6.45) is 0. The van der Waals surface area contributed by atoms with Crippen LogP contribution in [0, 0.1) is 18.3 Å². The summed E-state index contributed by atoms with van der Waals surface area (Å²) in [5.41, 5.74) is 3.72. The average Bonchev–Trinajstić information content (AvgIpc) is 2.73. The Labute approximate surface area is 110 Å². The van der Waals surface area contributed by atoms with Gasteiger partial charge in [0.2, 0.25) is 0 Å². The summed E-state index contributed by atoms with van der Waals surface area (Å²) < 4.78 is 3.65. The second-order valence-electron chi connectivity index (χ2n) is 4.54. The molecule has 0 radical (unpaired) electrons. The maximum Gasteiger partial charge on any atom is 0.257 e. The van der Waals surface area contributed by atoms with Crippen molar-refractivity contribution < 1.29 is 0 Å². The van der Waals surface area contributed by atoms with Gasteiger partial charge in [0, 0.05) is 12.6 Å². The molecule has 0 atom stereocenters. The molecule has 3 rings (SSSR count). The van der Waals surface area contributed by atoms with Gasteiger partial charge in [0.1, 0.15) is 11.7 Å². The Morgan fingerprint density at radius 3 is 2.58 bits per heavy atom. The molecule has 1 aromatic carbocycles. The second-order valence-corrected chi connectivity index (χ2v) is 4.54. The number of benzene rings is 1. The van der Waals surface area contributed by atoms with Crippen LogP contribution in [-0.4, -0.2) is 8.97 Å².